The molecule has 0 aliphatic heterocycles. The van der Waals surface area contributed by atoms with E-state index in [0.717, 1.165) is 32.6 Å². The minimum Gasteiger partial charge on any atom is -0.462 e. The minimum atomic E-state index is -0.322. The van der Waals surface area contributed by atoms with Crippen LogP contribution < -0.4 is 0 Å². The second kappa shape index (κ2) is 4.84. The molecule has 2 aromatic carbocycles. The van der Waals surface area contributed by atoms with E-state index in [1.165, 1.54) is 0 Å². The molecular formula is C18H14N2O2. The van der Waals surface area contributed by atoms with Crippen LogP contribution >= 0.6 is 0 Å². The smallest absolute Gasteiger partial charge is 0.340 e. The van der Waals surface area contributed by atoms with Crippen LogP contribution in [0.4, 0.5) is 0 Å². The van der Waals surface area contributed by atoms with Crippen LogP contribution in [-0.2, 0) is 4.74 Å². The summed E-state index contributed by atoms with van der Waals surface area (Å²) in [6.07, 6.45) is 3.50. The van der Waals surface area contributed by atoms with Gasteiger partial charge in [-0.1, -0.05) is 12.1 Å². The summed E-state index contributed by atoms with van der Waals surface area (Å²) in [5.74, 6) is -0.322. The van der Waals surface area contributed by atoms with E-state index >= 15 is 0 Å². The molecule has 0 atom stereocenters. The van der Waals surface area contributed by atoms with Gasteiger partial charge in [-0.15, -0.1) is 0 Å². The fraction of sp³-hybridized carbons (Fsp3) is 0.111. The Hall–Kier alpha value is -2.88. The van der Waals surface area contributed by atoms with E-state index in [1.807, 2.05) is 30.5 Å². The van der Waals surface area contributed by atoms with Gasteiger partial charge in [0.1, 0.15) is 0 Å². The van der Waals surface area contributed by atoms with Crippen molar-refractivity contribution >= 4 is 38.5 Å². The van der Waals surface area contributed by atoms with Crippen LogP contribution in [0.15, 0.2) is 48.8 Å². The van der Waals surface area contributed by atoms with Crippen molar-refractivity contribution in [2.75, 3.05) is 6.61 Å². The first-order valence-electron chi connectivity index (χ1n) is 7.23. The Morgan fingerprint density at radius 3 is 3.00 bits per heavy atom. The molecule has 4 nitrogen and oxygen atoms in total. The monoisotopic (exact) mass is 290 g/mol. The number of hydrogen-bond acceptors (Lipinski definition) is 3. The number of pyridine rings is 1. The third kappa shape index (κ3) is 1.84. The first-order chi connectivity index (χ1) is 10.8. The van der Waals surface area contributed by atoms with E-state index in [2.05, 4.69) is 22.1 Å². The lowest BCUT2D eigenvalue weighted by molar-refractivity contribution is 0.0529. The zero-order valence-electron chi connectivity index (χ0n) is 12.1. The highest BCUT2D eigenvalue weighted by molar-refractivity contribution is 6.18. The molecule has 0 fully saturated rings. The number of fused-ring (bicyclic) bond motifs is 4. The Balaban J connectivity index is 2.10. The number of hydrogen-bond donors (Lipinski definition) is 1. The summed E-state index contributed by atoms with van der Waals surface area (Å²) in [6, 6.07) is 12.2. The zero-order valence-corrected chi connectivity index (χ0v) is 12.1. The van der Waals surface area contributed by atoms with E-state index in [1.54, 1.807) is 13.1 Å². The normalized spacial score (nSPS) is 11.3. The number of rotatable bonds is 2. The van der Waals surface area contributed by atoms with Gasteiger partial charge in [-0.3, -0.25) is 4.98 Å². The highest BCUT2D eigenvalue weighted by atomic mass is 16.5. The Bertz CT molecular complexity index is 1020. The third-order valence-corrected chi connectivity index (χ3v) is 3.88. The van der Waals surface area contributed by atoms with Gasteiger partial charge in [-0.05, 0) is 47.3 Å². The van der Waals surface area contributed by atoms with E-state index in [0.29, 0.717) is 12.2 Å². The molecule has 4 rings (SSSR count). The van der Waals surface area contributed by atoms with Gasteiger partial charge in [0.2, 0.25) is 0 Å². The lowest BCUT2D eigenvalue weighted by Crippen LogP contribution is -2.03. The van der Waals surface area contributed by atoms with Crippen molar-refractivity contribution in [1.29, 1.82) is 0 Å². The van der Waals surface area contributed by atoms with Crippen molar-refractivity contribution in [2.45, 2.75) is 6.92 Å². The van der Waals surface area contributed by atoms with Crippen molar-refractivity contribution in [2.24, 2.45) is 0 Å². The molecular weight excluding hydrogens is 276 g/mol. The number of carbonyl (C=O) groups excluding carboxylic acids is 1. The molecule has 0 unspecified atom stereocenters. The van der Waals surface area contributed by atoms with Gasteiger partial charge >= 0.3 is 5.97 Å². The average molecular weight is 290 g/mol. The van der Waals surface area contributed by atoms with E-state index < -0.39 is 0 Å². The quantitative estimate of drug-likeness (QED) is 0.447. The van der Waals surface area contributed by atoms with Gasteiger partial charge in [0, 0.05) is 23.3 Å². The van der Waals surface area contributed by atoms with Gasteiger partial charge in [0.05, 0.1) is 17.7 Å². The van der Waals surface area contributed by atoms with Crippen molar-refractivity contribution in [1.82, 2.24) is 9.97 Å². The molecule has 0 radical (unpaired) electrons. The Morgan fingerprint density at radius 2 is 2.14 bits per heavy atom. The molecule has 0 saturated heterocycles. The summed E-state index contributed by atoms with van der Waals surface area (Å²) < 4.78 is 5.15. The number of aromatic amines is 1. The second-order valence-electron chi connectivity index (χ2n) is 5.18. The summed E-state index contributed by atoms with van der Waals surface area (Å²) in [5, 5.41) is 4.05. The highest BCUT2D eigenvalue weighted by Crippen LogP contribution is 2.31. The lowest BCUT2D eigenvalue weighted by atomic mass is 10.0. The maximum atomic E-state index is 12.2. The van der Waals surface area contributed by atoms with Crippen LogP contribution in [0.1, 0.15) is 17.3 Å². The molecule has 108 valence electrons. The largest absolute Gasteiger partial charge is 0.462 e. The molecule has 4 aromatic rings. The molecule has 22 heavy (non-hydrogen) atoms. The fourth-order valence-electron chi connectivity index (χ4n) is 2.88. The topological polar surface area (TPSA) is 55.0 Å². The molecule has 0 aliphatic carbocycles. The van der Waals surface area contributed by atoms with Crippen molar-refractivity contribution in [3.63, 3.8) is 0 Å². The summed E-state index contributed by atoms with van der Waals surface area (Å²) >= 11 is 0. The van der Waals surface area contributed by atoms with Gasteiger partial charge in [-0.2, -0.15) is 0 Å². The van der Waals surface area contributed by atoms with Crippen LogP contribution in [0.3, 0.4) is 0 Å². The summed E-state index contributed by atoms with van der Waals surface area (Å²) in [4.78, 5) is 19.7. The Labute approximate surface area is 126 Å². The van der Waals surface area contributed by atoms with E-state index in [4.69, 9.17) is 4.74 Å². The first-order valence-corrected chi connectivity index (χ1v) is 7.23. The maximum absolute atomic E-state index is 12.2. The number of aromatic nitrogens is 2. The van der Waals surface area contributed by atoms with Crippen LogP contribution in [0, 0.1) is 0 Å². The molecule has 0 spiro atoms. The van der Waals surface area contributed by atoms with Crippen LogP contribution in [-0.4, -0.2) is 22.5 Å². The lowest BCUT2D eigenvalue weighted by Gasteiger charge is -2.06. The molecule has 4 heteroatoms. The standard InChI is InChI=1S/C18H14N2O2/c1-2-22-18(21)14-10-20-15-6-5-11-9-16-12(4-3-7-19-16)8-13(11)17(14)15/h3-10,19H,2H2,1H3. The van der Waals surface area contributed by atoms with Crippen molar-refractivity contribution in [3.05, 3.63) is 54.4 Å². The third-order valence-electron chi connectivity index (χ3n) is 3.88. The van der Waals surface area contributed by atoms with Crippen molar-refractivity contribution < 1.29 is 9.53 Å². The second-order valence-corrected chi connectivity index (χ2v) is 5.18. The number of H-pyrrole nitrogens is 1. The predicted octanol–water partition coefficient (Wildman–Crippen LogP) is 4.05. The Morgan fingerprint density at radius 1 is 1.23 bits per heavy atom. The molecule has 0 saturated carbocycles. The number of esters is 1. The van der Waals surface area contributed by atoms with Gasteiger partial charge in [0.25, 0.3) is 0 Å². The van der Waals surface area contributed by atoms with Crippen molar-refractivity contribution in [3.8, 4) is 0 Å². The minimum absolute atomic E-state index is 0.322. The zero-order chi connectivity index (χ0) is 15.1. The Kier molecular flexibility index (Phi) is 2.82. The number of nitrogens with zero attached hydrogens (tertiary/aromatic N) is 1. The number of benzene rings is 2. The van der Waals surface area contributed by atoms with Gasteiger partial charge in [-0.25, -0.2) is 4.79 Å². The summed E-state index contributed by atoms with van der Waals surface area (Å²) in [5.41, 5.74) is 2.41. The number of nitrogens with one attached hydrogen (secondary N) is 1. The first kappa shape index (κ1) is 12.8. The number of carbonyl (C=O) groups is 1. The summed E-state index contributed by atoms with van der Waals surface area (Å²) in [7, 11) is 0. The van der Waals surface area contributed by atoms with Crippen LogP contribution in [0.2, 0.25) is 0 Å². The molecule has 0 bridgehead atoms. The maximum Gasteiger partial charge on any atom is 0.340 e. The van der Waals surface area contributed by atoms with Crippen LogP contribution in [0.5, 0.6) is 0 Å². The molecule has 2 heterocycles. The average Bonchev–Trinajstić information content (AvgIpc) is 2.98. The van der Waals surface area contributed by atoms with E-state index in [-0.39, 0.29) is 5.97 Å². The molecule has 2 aromatic heterocycles. The van der Waals surface area contributed by atoms with Gasteiger partial charge in [0.15, 0.2) is 0 Å². The van der Waals surface area contributed by atoms with Crippen LogP contribution in [0.25, 0.3) is 32.6 Å². The molecule has 0 amide bonds. The number of ether oxygens (including phenoxy) is 1. The highest BCUT2D eigenvalue weighted by Gasteiger charge is 2.16. The molecule has 1 N–H and O–H groups in total. The SMILES string of the molecule is CCOC(=O)c1cnc2ccc3cc4[nH]cccc4cc3c12. The fourth-order valence-corrected chi connectivity index (χ4v) is 2.88. The summed E-state index contributed by atoms with van der Waals surface area (Å²) in [6.45, 7) is 2.16. The van der Waals surface area contributed by atoms with E-state index in [9.17, 15) is 4.79 Å². The van der Waals surface area contributed by atoms with Gasteiger partial charge < -0.3 is 9.72 Å². The molecule has 0 aliphatic rings. The predicted molar refractivity (Wildman–Crippen MR) is 87.1 cm³/mol.